The van der Waals surface area contributed by atoms with E-state index in [0.717, 1.165) is 64.0 Å². The second kappa shape index (κ2) is 41.4. The number of nitrogens with zero attached hydrogens (tertiary/aromatic N) is 7. The third-order valence-electron chi connectivity index (χ3n) is 24.3. The van der Waals surface area contributed by atoms with Gasteiger partial charge in [0.15, 0.2) is 23.0 Å². The van der Waals surface area contributed by atoms with Crippen molar-refractivity contribution >= 4 is 80.3 Å². The number of aliphatic hydroxyl groups excluding tert-OH is 6. The molecule has 4 aromatic carbocycles. The van der Waals surface area contributed by atoms with Crippen LogP contribution in [0.2, 0.25) is 0 Å². The number of amides is 5. The van der Waals surface area contributed by atoms with Crippen LogP contribution in [-0.2, 0) is 89.8 Å². The molecule has 7 aromatic rings. The number of anilines is 2. The molecule has 12 atom stereocenters. The van der Waals surface area contributed by atoms with Gasteiger partial charge in [-0.25, -0.2) is 33.9 Å². The summed E-state index contributed by atoms with van der Waals surface area (Å²) in [6.45, 7) is 8.66. The van der Waals surface area contributed by atoms with E-state index in [2.05, 4.69) is 34.8 Å². The Morgan fingerprint density at radius 1 is 0.631 bits per heavy atom. The number of benzene rings is 4. The topological polar surface area (TPSA) is 528 Å². The number of hydrogen-bond donors (Lipinski definition) is 12. The highest BCUT2D eigenvalue weighted by Crippen LogP contribution is 2.72. The number of carboxylic acids is 3. The molecule has 700 valence electrons. The Bertz CT molecular complexity index is 5230. The van der Waals surface area contributed by atoms with E-state index in [1.165, 1.54) is 71.9 Å². The zero-order valence-corrected chi connectivity index (χ0v) is 73.1. The quantitative estimate of drug-likeness (QED) is 0.0177. The second-order valence-corrected chi connectivity index (χ2v) is 35.3. The molecule has 0 radical (unpaired) electrons. The summed E-state index contributed by atoms with van der Waals surface area (Å²) in [7, 11) is 3.09. The third-order valence-corrected chi connectivity index (χ3v) is 25.3. The monoisotopic (exact) mass is 1830 g/mol. The van der Waals surface area contributed by atoms with Crippen LogP contribution in [0.1, 0.15) is 108 Å². The van der Waals surface area contributed by atoms with Crippen LogP contribution in [0.3, 0.4) is 0 Å². The average Bonchev–Trinajstić information content (AvgIpc) is 0.853. The molecule has 8 aliphatic rings. The number of rotatable bonds is 43. The zero-order valence-electron chi connectivity index (χ0n) is 72.3. The molecule has 2 saturated heterocycles. The fourth-order valence-electron chi connectivity index (χ4n) is 19.4. The largest absolute Gasteiger partial charge is 0.496 e. The van der Waals surface area contributed by atoms with Crippen molar-refractivity contribution in [3.8, 4) is 39.9 Å². The fraction of sp³-hybridized carbons (Fsp3) is 0.517. The maximum atomic E-state index is 14.4. The minimum absolute atomic E-state index is 0.0386. The standard InChI is InChI=1S/C89H108N10O30S/c1-50-58(56-16-18-65(94-68(56)78(109)110)97-26-21-55-59(40-97)57(15-17-61(55)118-5)77(108)95-83-93-60-9-6-7-10-64(60)130-83)39-92-99(50)49-88-44-86(2)43-87(3,45-88)47-89(46-86,48-88)125-32-28-96(27-31-117-4)85(116)124-42-52-12-14-54(127-82-74(107)70(103)72(105)76(129-82)80(113)114)38-63(52)122-36-34-120-30-24-91-84(115)123-41-51-11-13-53(126-81-73(106)69(102)71(104)75(128-81)79(111)112)37-62(51)121-35-33-119-29-23-90-22-8-25-98-66(100)19-20-67(98)101/h6-7,9-20,37-39,69-76,81-82,90,102-107H,8,21-36,40-49H2,1-5H3,(H,91,115)(H,109,110)(H,111,112)(H,113,114)(H,93,95,108)/t69-,70-,71-,72-,73+,74+,75-,76-,81+,82+,86?,87?,88?,89?/m0/s1. The molecule has 4 aliphatic heterocycles. The minimum Gasteiger partial charge on any atom is -0.496 e. The number of carboxylic acid groups (broad SMARTS) is 3. The number of para-hydroxylation sites is 1. The summed E-state index contributed by atoms with van der Waals surface area (Å²) in [5.41, 5.74) is 4.02. The summed E-state index contributed by atoms with van der Waals surface area (Å²) < 4.78 is 78.7. The predicted octanol–water partition coefficient (Wildman–Crippen LogP) is 4.97. The molecule has 6 fully saturated rings. The Balaban J connectivity index is 0.582. The Hall–Kier alpha value is -11.3. The summed E-state index contributed by atoms with van der Waals surface area (Å²) in [5, 5.41) is 107. The average molecular weight is 1830 g/mol. The van der Waals surface area contributed by atoms with Gasteiger partial charge in [0.25, 0.3) is 17.7 Å². The SMILES string of the molecule is COCCN(CCOC12CC3(C)CC(C)(CC(Cn4ncc(-c5ccc(N6CCc7c(OC)ccc(C(=O)Nc8nc9ccccc9s8)c7C6)nc5C(=O)O)c4C)(C3)C1)C2)C(=O)OCc1ccc(O[C@@H]2O[C@H](C(=O)O)[C@@H](O)[C@H](O)[C@H]2O)cc1OCCOCCNC(=O)OCc1ccc(O[C@@H]2O[C@H](C(=O)O)[C@@H](O)[C@H](O)[C@H]2O)cc1OCCOCCNCCCN1C(=O)C=CC1=O. The highest BCUT2D eigenvalue weighted by Gasteiger charge is 2.66. The van der Waals surface area contributed by atoms with Crippen molar-refractivity contribution in [2.24, 2.45) is 16.2 Å². The first-order chi connectivity index (χ1) is 62.3. The molecular formula is C89H108N10O30S. The molecule has 0 spiro atoms. The van der Waals surface area contributed by atoms with Crippen LogP contribution in [0, 0.1) is 23.2 Å². The number of aromatic carboxylic acids is 1. The zero-order chi connectivity index (χ0) is 92.3. The summed E-state index contributed by atoms with van der Waals surface area (Å²) >= 11 is 1.38. The lowest BCUT2D eigenvalue weighted by atomic mass is 9.39. The van der Waals surface area contributed by atoms with E-state index in [9.17, 15) is 84.3 Å². The number of imide groups is 1. The molecule has 7 heterocycles. The lowest BCUT2D eigenvalue weighted by molar-refractivity contribution is -0.271. The van der Waals surface area contributed by atoms with E-state index < -0.39 is 97.1 Å². The molecule has 130 heavy (non-hydrogen) atoms. The number of alkyl carbamates (subject to hydrolysis) is 1. The first kappa shape index (κ1) is 94.8. The van der Waals surface area contributed by atoms with Crippen LogP contribution in [0.5, 0.6) is 28.7 Å². The number of nitrogens with one attached hydrogen (secondary N) is 3. The number of thiazole rings is 1. The second-order valence-electron chi connectivity index (χ2n) is 34.2. The molecule has 15 rings (SSSR count). The van der Waals surface area contributed by atoms with Gasteiger partial charge in [0.1, 0.15) is 97.6 Å². The molecule has 4 bridgehead atoms. The van der Waals surface area contributed by atoms with Gasteiger partial charge >= 0.3 is 30.1 Å². The van der Waals surface area contributed by atoms with Crippen LogP contribution in [-0.4, -0.2) is 303 Å². The number of hydrogen-bond acceptors (Lipinski definition) is 33. The van der Waals surface area contributed by atoms with E-state index in [4.69, 9.17) is 71.7 Å². The van der Waals surface area contributed by atoms with Crippen molar-refractivity contribution in [1.29, 1.82) is 0 Å². The van der Waals surface area contributed by atoms with Crippen molar-refractivity contribution < 1.29 is 146 Å². The van der Waals surface area contributed by atoms with E-state index in [1.54, 1.807) is 31.5 Å². The number of methoxy groups -OCH3 is 2. The number of aliphatic carboxylic acids is 2. The van der Waals surface area contributed by atoms with Gasteiger partial charge in [0, 0.05) is 123 Å². The van der Waals surface area contributed by atoms with Crippen LogP contribution in [0.25, 0.3) is 21.3 Å². The predicted molar refractivity (Wildman–Crippen MR) is 458 cm³/mol. The first-order valence-corrected chi connectivity index (χ1v) is 43.6. The van der Waals surface area contributed by atoms with E-state index in [-0.39, 0.29) is 161 Å². The summed E-state index contributed by atoms with van der Waals surface area (Å²) in [5.74, 6) is -4.38. The van der Waals surface area contributed by atoms with Gasteiger partial charge in [-0.2, -0.15) is 5.10 Å². The Morgan fingerprint density at radius 2 is 1.25 bits per heavy atom. The van der Waals surface area contributed by atoms with Crippen molar-refractivity contribution in [1.82, 2.24) is 40.2 Å². The molecule has 2 unspecified atom stereocenters. The van der Waals surface area contributed by atoms with Crippen molar-refractivity contribution in [3.05, 3.63) is 142 Å². The number of carbonyl (C=O) groups excluding carboxylic acids is 5. The maximum Gasteiger partial charge on any atom is 0.410 e. The van der Waals surface area contributed by atoms with Gasteiger partial charge in [0.05, 0.1) is 68.8 Å². The van der Waals surface area contributed by atoms with Gasteiger partial charge < -0.3 is 128 Å². The number of pyridine rings is 1. The Kier molecular flexibility index (Phi) is 30.2. The van der Waals surface area contributed by atoms with Crippen LogP contribution < -0.4 is 44.5 Å². The van der Waals surface area contributed by atoms with E-state index in [0.29, 0.717) is 90.0 Å². The highest BCUT2D eigenvalue weighted by atomic mass is 32.1. The molecule has 3 aromatic heterocycles. The van der Waals surface area contributed by atoms with Gasteiger partial charge in [-0.15, -0.1) is 0 Å². The van der Waals surface area contributed by atoms with Gasteiger partial charge in [-0.05, 0) is 147 Å². The smallest absolute Gasteiger partial charge is 0.410 e. The van der Waals surface area contributed by atoms with Crippen LogP contribution in [0.4, 0.5) is 20.5 Å². The number of ether oxygens (including phenoxy) is 13. The summed E-state index contributed by atoms with van der Waals surface area (Å²) in [6.07, 6.45) is -10.5. The molecule has 5 amide bonds. The van der Waals surface area contributed by atoms with Crippen molar-refractivity contribution in [3.63, 3.8) is 0 Å². The first-order valence-electron chi connectivity index (χ1n) is 42.8. The van der Waals surface area contributed by atoms with Gasteiger partial charge in [-0.3, -0.25) is 29.3 Å². The summed E-state index contributed by atoms with van der Waals surface area (Å²) in [6, 6.07) is 23.2. The number of aromatic nitrogens is 4. The molecule has 4 aliphatic carbocycles. The lowest BCUT2D eigenvalue weighted by Gasteiger charge is -2.69. The molecule has 41 heteroatoms. The maximum absolute atomic E-state index is 14.4. The molecule has 40 nitrogen and oxygen atoms in total. The third kappa shape index (κ3) is 22.1. The van der Waals surface area contributed by atoms with Gasteiger partial charge in [-0.1, -0.05) is 37.3 Å². The number of carbonyl (C=O) groups is 8. The van der Waals surface area contributed by atoms with Gasteiger partial charge in [0.2, 0.25) is 12.6 Å². The normalized spacial score (nSPS) is 25.5. The van der Waals surface area contributed by atoms with Crippen LogP contribution >= 0.6 is 11.3 Å². The van der Waals surface area contributed by atoms with Crippen molar-refractivity contribution in [2.75, 3.05) is 123 Å². The molecular weight excluding hydrogens is 1720 g/mol. The fourth-order valence-corrected chi connectivity index (χ4v) is 20.3. The summed E-state index contributed by atoms with van der Waals surface area (Å²) in [4.78, 5) is 116. The minimum atomic E-state index is -2.00. The molecule has 12 N–H and O–H groups in total. The lowest BCUT2D eigenvalue weighted by Crippen LogP contribution is -2.64. The van der Waals surface area contributed by atoms with E-state index >= 15 is 0 Å². The number of fused-ring (bicyclic) bond motifs is 2. The van der Waals surface area contributed by atoms with E-state index in [1.807, 2.05) is 46.8 Å². The Morgan fingerprint density at radius 3 is 1.87 bits per heavy atom. The molecule has 4 saturated carbocycles. The van der Waals surface area contributed by atoms with Crippen LogP contribution in [0.15, 0.2) is 103 Å². The highest BCUT2D eigenvalue weighted by molar-refractivity contribution is 7.22. The van der Waals surface area contributed by atoms with Crippen molar-refractivity contribution in [2.45, 2.75) is 165 Å². The Labute approximate surface area is 750 Å². The number of aliphatic hydroxyl groups is 6.